The molecule has 0 saturated heterocycles. The van der Waals surface area contributed by atoms with Crippen molar-refractivity contribution in [2.75, 3.05) is 24.8 Å². The number of methoxy groups -OCH3 is 1. The number of anilines is 1. The predicted octanol–water partition coefficient (Wildman–Crippen LogP) is 4.21. The van der Waals surface area contributed by atoms with Gasteiger partial charge in [0.2, 0.25) is 5.95 Å². The van der Waals surface area contributed by atoms with E-state index in [1.165, 1.54) is 30.2 Å². The molecule has 0 spiro atoms. The van der Waals surface area contributed by atoms with Crippen LogP contribution in [0.1, 0.15) is 24.9 Å². The molecule has 4 aromatic rings. The quantitative estimate of drug-likeness (QED) is 0.253. The summed E-state index contributed by atoms with van der Waals surface area (Å²) in [5.41, 5.74) is 2.83. The number of thioether (sulfide) groups is 1. The number of tetrazole rings is 1. The average Bonchev–Trinajstić information content (AvgIpc) is 3.60. The van der Waals surface area contributed by atoms with Gasteiger partial charge < -0.3 is 14.8 Å². The van der Waals surface area contributed by atoms with E-state index in [4.69, 9.17) is 9.47 Å². The normalized spacial score (nSPS) is 14.8. The Labute approximate surface area is 215 Å². The lowest BCUT2D eigenvalue weighted by molar-refractivity contribution is -0.136. The molecule has 0 radical (unpaired) electrons. The van der Waals surface area contributed by atoms with Gasteiger partial charge in [-0.1, -0.05) is 83.7 Å². The van der Waals surface area contributed by atoms with Crippen LogP contribution in [0.3, 0.4) is 0 Å². The first-order valence-corrected chi connectivity index (χ1v) is 13.1. The van der Waals surface area contributed by atoms with Gasteiger partial charge in [-0.25, -0.2) is 4.79 Å². The largest absolute Gasteiger partial charge is 0.493 e. The Morgan fingerprint density at radius 2 is 1.92 bits per heavy atom. The Hall–Kier alpha value is -3.77. The lowest BCUT2D eigenvalue weighted by atomic mass is 9.95. The zero-order valence-electron chi connectivity index (χ0n) is 19.6. The maximum absolute atomic E-state index is 13.1. The summed E-state index contributed by atoms with van der Waals surface area (Å²) < 4.78 is 13.6. The molecule has 12 heteroatoms. The highest BCUT2D eigenvalue weighted by Crippen LogP contribution is 2.40. The van der Waals surface area contributed by atoms with Gasteiger partial charge in [-0.15, -0.1) is 10.2 Å². The van der Waals surface area contributed by atoms with Crippen LogP contribution in [0.15, 0.2) is 70.2 Å². The van der Waals surface area contributed by atoms with Crippen LogP contribution in [-0.2, 0) is 9.53 Å². The van der Waals surface area contributed by atoms with Gasteiger partial charge in [0.1, 0.15) is 16.8 Å². The lowest BCUT2D eigenvalue weighted by Gasteiger charge is -2.29. The number of fused-ring (bicyclic) bond motifs is 1. The third kappa shape index (κ3) is 4.82. The summed E-state index contributed by atoms with van der Waals surface area (Å²) in [5.74, 6) is 1.03. The molecule has 3 heterocycles. The lowest BCUT2D eigenvalue weighted by Crippen LogP contribution is -2.31. The van der Waals surface area contributed by atoms with Crippen LogP contribution in [0.4, 0.5) is 5.95 Å². The number of hydrogen-bond acceptors (Lipinski definition) is 11. The van der Waals surface area contributed by atoms with E-state index in [2.05, 4.69) is 31.0 Å². The number of nitrogens with zero attached hydrogens (tertiary/aromatic N) is 6. The third-order valence-electron chi connectivity index (χ3n) is 5.45. The van der Waals surface area contributed by atoms with Gasteiger partial charge in [0, 0.05) is 22.6 Å². The molecule has 0 saturated carbocycles. The van der Waals surface area contributed by atoms with Crippen molar-refractivity contribution >= 4 is 35.0 Å². The summed E-state index contributed by atoms with van der Waals surface area (Å²) in [4.78, 5) is 13.1. The smallest absolute Gasteiger partial charge is 0.338 e. The van der Waals surface area contributed by atoms with Crippen molar-refractivity contribution in [3.05, 3.63) is 71.4 Å². The molecule has 0 aliphatic carbocycles. The standard InChI is InChI=1S/C24H23N7O3S2/c1-3-13-34-18-12-8-7-11-16(18)20-19(22(32)33-2)17(25-23-27-29-30-31(20)23)14-35-24-28-26-21(36-24)15-9-5-4-6-10-15/h4-12,20H,3,13-14H2,1-2H3,(H,25,27,30). The van der Waals surface area contributed by atoms with Crippen molar-refractivity contribution < 1.29 is 14.3 Å². The molecule has 1 N–H and O–H groups in total. The van der Waals surface area contributed by atoms with Crippen LogP contribution < -0.4 is 10.1 Å². The van der Waals surface area contributed by atoms with Crippen LogP contribution in [0.5, 0.6) is 5.75 Å². The summed E-state index contributed by atoms with van der Waals surface area (Å²) in [6, 6.07) is 16.9. The molecule has 184 valence electrons. The monoisotopic (exact) mass is 521 g/mol. The Bertz CT molecular complexity index is 1390. The van der Waals surface area contributed by atoms with Gasteiger partial charge in [-0.2, -0.15) is 4.68 Å². The minimum absolute atomic E-state index is 0.408. The topological polar surface area (TPSA) is 117 Å². The molecule has 0 amide bonds. The molecule has 1 atom stereocenters. The van der Waals surface area contributed by atoms with Crippen LogP contribution in [0.25, 0.3) is 10.6 Å². The summed E-state index contributed by atoms with van der Waals surface area (Å²) in [7, 11) is 1.36. The fraction of sp³-hybridized carbons (Fsp3) is 0.250. The van der Waals surface area contributed by atoms with E-state index in [-0.39, 0.29) is 0 Å². The third-order valence-corrected chi connectivity index (χ3v) is 7.58. The van der Waals surface area contributed by atoms with Crippen molar-refractivity contribution in [1.29, 1.82) is 0 Å². The zero-order valence-corrected chi connectivity index (χ0v) is 21.3. The molecule has 1 unspecified atom stereocenters. The highest BCUT2D eigenvalue weighted by atomic mass is 32.2. The number of esters is 1. The van der Waals surface area contributed by atoms with E-state index in [1.54, 1.807) is 4.68 Å². The molecule has 2 aromatic carbocycles. The summed E-state index contributed by atoms with van der Waals surface area (Å²) >= 11 is 2.97. The molecule has 5 rings (SSSR count). The minimum Gasteiger partial charge on any atom is -0.493 e. The van der Waals surface area contributed by atoms with Gasteiger partial charge in [-0.05, 0) is 22.9 Å². The summed E-state index contributed by atoms with van der Waals surface area (Å²) in [6.07, 6.45) is 0.852. The van der Waals surface area contributed by atoms with E-state index in [1.807, 2.05) is 61.5 Å². The van der Waals surface area contributed by atoms with E-state index < -0.39 is 12.0 Å². The van der Waals surface area contributed by atoms with Gasteiger partial charge >= 0.3 is 5.97 Å². The molecule has 2 aromatic heterocycles. The number of hydrogen-bond donors (Lipinski definition) is 1. The van der Waals surface area contributed by atoms with E-state index in [0.29, 0.717) is 35.3 Å². The molecule has 1 aliphatic heterocycles. The SMILES string of the molecule is CCCOc1ccccc1C1C(C(=O)OC)=C(CSc2nnc(-c3ccccc3)s2)Nc2nnnn21. The van der Waals surface area contributed by atoms with Crippen molar-refractivity contribution in [3.63, 3.8) is 0 Å². The van der Waals surface area contributed by atoms with Crippen molar-refractivity contribution in [2.24, 2.45) is 0 Å². The first-order chi connectivity index (χ1) is 17.7. The highest BCUT2D eigenvalue weighted by molar-refractivity contribution is 8.01. The van der Waals surface area contributed by atoms with Crippen LogP contribution in [-0.4, -0.2) is 55.8 Å². The second-order valence-electron chi connectivity index (χ2n) is 7.77. The average molecular weight is 522 g/mol. The molecule has 36 heavy (non-hydrogen) atoms. The summed E-state index contributed by atoms with van der Waals surface area (Å²) in [6.45, 7) is 2.59. The maximum atomic E-state index is 13.1. The first kappa shape index (κ1) is 23.9. The second kappa shape index (κ2) is 10.9. The van der Waals surface area contributed by atoms with Crippen LogP contribution in [0, 0.1) is 0 Å². The number of nitrogens with one attached hydrogen (secondary N) is 1. The van der Waals surface area contributed by atoms with Gasteiger partial charge in [0.15, 0.2) is 4.34 Å². The number of rotatable bonds is 9. The molecular weight excluding hydrogens is 498 g/mol. The fourth-order valence-electron chi connectivity index (χ4n) is 3.83. The van der Waals surface area contributed by atoms with Crippen molar-refractivity contribution in [1.82, 2.24) is 30.4 Å². The molecule has 0 fully saturated rings. The van der Waals surface area contributed by atoms with Crippen molar-refractivity contribution in [3.8, 4) is 16.3 Å². The van der Waals surface area contributed by atoms with E-state index >= 15 is 0 Å². The van der Waals surface area contributed by atoms with Crippen LogP contribution >= 0.6 is 23.1 Å². The number of para-hydroxylation sites is 1. The maximum Gasteiger partial charge on any atom is 0.338 e. The Balaban J connectivity index is 1.50. The zero-order chi connectivity index (χ0) is 24.9. The number of aromatic nitrogens is 6. The molecule has 0 bridgehead atoms. The Kier molecular flexibility index (Phi) is 7.23. The van der Waals surface area contributed by atoms with E-state index in [0.717, 1.165) is 26.9 Å². The first-order valence-electron chi connectivity index (χ1n) is 11.3. The van der Waals surface area contributed by atoms with Crippen molar-refractivity contribution in [2.45, 2.75) is 23.7 Å². The van der Waals surface area contributed by atoms with Gasteiger partial charge in [-0.3, -0.25) is 0 Å². The van der Waals surface area contributed by atoms with Gasteiger partial charge in [0.25, 0.3) is 0 Å². The number of benzene rings is 2. The Morgan fingerprint density at radius 3 is 2.72 bits per heavy atom. The minimum atomic E-state index is -0.623. The molecule has 1 aliphatic rings. The second-order valence-corrected chi connectivity index (χ2v) is 9.97. The van der Waals surface area contributed by atoms with Crippen LogP contribution in [0.2, 0.25) is 0 Å². The molecule has 10 nitrogen and oxygen atoms in total. The van der Waals surface area contributed by atoms with E-state index in [9.17, 15) is 4.79 Å². The molecular formula is C24H23N7O3S2. The van der Waals surface area contributed by atoms with Gasteiger partial charge in [0.05, 0.1) is 19.3 Å². The highest BCUT2D eigenvalue weighted by Gasteiger charge is 2.37. The predicted molar refractivity (Wildman–Crippen MR) is 137 cm³/mol. The number of carbonyl (C=O) groups excluding carboxylic acids is 1. The number of carbonyl (C=O) groups is 1. The Morgan fingerprint density at radius 1 is 1.11 bits per heavy atom. The number of ether oxygens (including phenoxy) is 2. The summed E-state index contributed by atoms with van der Waals surface area (Å²) in [5, 5.41) is 24.8. The fourth-order valence-corrected chi connectivity index (χ4v) is 5.66.